The van der Waals surface area contributed by atoms with Crippen LogP contribution in [0.25, 0.3) is 21.8 Å². The molecule has 2 heterocycles. The van der Waals surface area contributed by atoms with Gasteiger partial charge in [-0.1, -0.05) is 30.3 Å². The van der Waals surface area contributed by atoms with Crippen molar-refractivity contribution in [3.05, 3.63) is 94.1 Å². The summed E-state index contributed by atoms with van der Waals surface area (Å²) in [6, 6.07) is 18.4. The number of thiophene rings is 1. The van der Waals surface area contributed by atoms with E-state index in [4.69, 9.17) is 9.15 Å². The van der Waals surface area contributed by atoms with Crippen LogP contribution < -0.4 is 24.2 Å². The molecule has 0 aliphatic heterocycles. The quantitative estimate of drug-likeness (QED) is 0.256. The summed E-state index contributed by atoms with van der Waals surface area (Å²) in [6.07, 6.45) is 2.27. The Balaban J connectivity index is 0.00000280. The predicted octanol–water partition coefficient (Wildman–Crippen LogP) is 4.06. The van der Waals surface area contributed by atoms with Gasteiger partial charge < -0.3 is 21.0 Å². The second-order valence-corrected chi connectivity index (χ2v) is 11.0. The second-order valence-electron chi connectivity index (χ2n) is 9.09. The van der Waals surface area contributed by atoms with Gasteiger partial charge in [-0.3, -0.25) is 4.79 Å². The van der Waals surface area contributed by atoms with E-state index >= 15 is 0 Å². The third kappa shape index (κ3) is 8.13. The number of aliphatic carboxylic acids is 1. The summed E-state index contributed by atoms with van der Waals surface area (Å²) in [5, 5.41) is 14.4. The van der Waals surface area contributed by atoms with E-state index in [1.165, 1.54) is 5.56 Å². The summed E-state index contributed by atoms with van der Waals surface area (Å²) in [4.78, 5) is 26.0. The first-order valence-corrected chi connectivity index (χ1v) is 14.6. The fraction of sp³-hybridized carbons (Fsp3) is 0.267. The smallest absolute Gasteiger partial charge is 1.00 e. The molecule has 9 heteroatoms. The van der Waals surface area contributed by atoms with Gasteiger partial charge in [-0.05, 0) is 95.8 Å². The van der Waals surface area contributed by atoms with Crippen LogP contribution in [-0.4, -0.2) is 35.0 Å². The summed E-state index contributed by atoms with van der Waals surface area (Å²) in [7, 11) is 0. The molecule has 0 saturated carbocycles. The molecule has 4 aromatic rings. The molecule has 0 aliphatic rings. The van der Waals surface area contributed by atoms with Crippen molar-refractivity contribution < 1.29 is 44.1 Å². The first-order valence-electron chi connectivity index (χ1n) is 12.3. The molecule has 2 aromatic heterocycles. The van der Waals surface area contributed by atoms with Crippen LogP contribution in [0.3, 0.4) is 0 Å². The molecular formula is C30H32LiNO5S2. The summed E-state index contributed by atoms with van der Waals surface area (Å²) in [5.41, 5.74) is 5.21. The van der Waals surface area contributed by atoms with Crippen LogP contribution in [0, 0.1) is 13.8 Å². The van der Waals surface area contributed by atoms with Crippen LogP contribution in [0.5, 0.6) is 0 Å². The van der Waals surface area contributed by atoms with Gasteiger partial charge in [0.2, 0.25) is 0 Å². The zero-order valence-corrected chi connectivity index (χ0v) is 24.3. The fourth-order valence-corrected chi connectivity index (χ4v) is 5.46. The van der Waals surface area contributed by atoms with Crippen molar-refractivity contribution in [2.45, 2.75) is 39.5 Å². The standard InChI is InChI=1S/C30H31NO5S2.Li.H/c1-19-14-28(38-18-19)27-11-9-22(36-27)17-35-16-21-8-10-24(25(15-21)23-7-5-4-6-20(23)2)29(32)31-26(30(33)34)12-13-37-3;;/h4-11,14-15,18,26H,12-13,16-17H2,1-3H3,(H,31,32)(H,33,34);;/q;+1;-1. The van der Waals surface area contributed by atoms with Crippen LogP contribution in [0.4, 0.5) is 0 Å². The Morgan fingerprint density at radius 1 is 1.08 bits per heavy atom. The molecule has 1 atom stereocenters. The molecule has 0 fully saturated rings. The van der Waals surface area contributed by atoms with Crippen molar-refractivity contribution in [3.63, 3.8) is 0 Å². The van der Waals surface area contributed by atoms with Crippen LogP contribution in [0.15, 0.2) is 70.5 Å². The maximum atomic E-state index is 13.2. The molecule has 1 unspecified atom stereocenters. The number of amides is 1. The summed E-state index contributed by atoms with van der Waals surface area (Å²) in [5.74, 6) is 0.769. The Labute approximate surface area is 250 Å². The van der Waals surface area contributed by atoms with Gasteiger partial charge >= 0.3 is 24.8 Å². The molecule has 0 spiro atoms. The van der Waals surface area contributed by atoms with Crippen LogP contribution in [0.2, 0.25) is 0 Å². The van der Waals surface area contributed by atoms with E-state index < -0.39 is 17.9 Å². The first kappa shape index (κ1) is 30.8. The third-order valence-electron chi connectivity index (χ3n) is 6.13. The summed E-state index contributed by atoms with van der Waals surface area (Å²) < 4.78 is 11.9. The Morgan fingerprint density at radius 3 is 2.56 bits per heavy atom. The molecule has 39 heavy (non-hydrogen) atoms. The number of aryl methyl sites for hydroxylation is 2. The zero-order valence-electron chi connectivity index (χ0n) is 23.7. The number of hydrogen-bond acceptors (Lipinski definition) is 6. The molecule has 0 saturated heterocycles. The zero-order chi connectivity index (χ0) is 27.1. The maximum Gasteiger partial charge on any atom is 1.00 e. The Morgan fingerprint density at radius 2 is 1.87 bits per heavy atom. The Hall–Kier alpha value is -2.73. The van der Waals surface area contributed by atoms with Gasteiger partial charge in [-0.15, -0.1) is 11.3 Å². The van der Waals surface area contributed by atoms with Crippen molar-refractivity contribution >= 4 is 35.0 Å². The molecule has 1 amide bonds. The van der Waals surface area contributed by atoms with Crippen molar-refractivity contribution in [1.82, 2.24) is 5.32 Å². The molecule has 2 N–H and O–H groups in total. The van der Waals surface area contributed by atoms with Gasteiger partial charge in [0, 0.05) is 5.56 Å². The van der Waals surface area contributed by atoms with E-state index in [1.54, 1.807) is 29.2 Å². The number of benzene rings is 2. The minimum absolute atomic E-state index is 0. The molecule has 200 valence electrons. The Kier molecular flexibility index (Phi) is 11.5. The fourth-order valence-electron chi connectivity index (χ4n) is 4.12. The van der Waals surface area contributed by atoms with E-state index in [2.05, 4.69) is 23.7 Å². The van der Waals surface area contributed by atoms with Gasteiger partial charge in [0.1, 0.15) is 24.2 Å². The monoisotopic (exact) mass is 557 g/mol. The first-order chi connectivity index (χ1) is 18.4. The number of ether oxygens (including phenoxy) is 1. The second kappa shape index (κ2) is 14.6. The van der Waals surface area contributed by atoms with Gasteiger partial charge in [0.05, 0.1) is 11.5 Å². The average Bonchev–Trinajstić information content (AvgIpc) is 3.55. The summed E-state index contributed by atoms with van der Waals surface area (Å²) >= 11 is 3.20. The SMILES string of the molecule is CSCCC(NC(=O)c1ccc(COCc2ccc(-c3cc(C)cs3)o2)cc1-c1ccccc1C)C(=O)O.[H-].[Li+]. The van der Waals surface area contributed by atoms with Gasteiger partial charge in [-0.2, -0.15) is 11.8 Å². The van der Waals surface area contributed by atoms with E-state index in [1.807, 2.05) is 61.7 Å². The number of carboxylic acids is 1. The van der Waals surface area contributed by atoms with E-state index in [-0.39, 0.29) is 20.3 Å². The predicted molar refractivity (Wildman–Crippen MR) is 155 cm³/mol. The normalized spacial score (nSPS) is 11.6. The van der Waals surface area contributed by atoms with Crippen molar-refractivity contribution in [3.8, 4) is 21.8 Å². The minimum atomic E-state index is -1.04. The Bertz CT molecular complexity index is 1420. The number of thioether (sulfide) groups is 1. The molecule has 6 nitrogen and oxygen atoms in total. The van der Waals surface area contributed by atoms with Crippen molar-refractivity contribution in [2.75, 3.05) is 12.0 Å². The number of carbonyl (C=O) groups is 2. The average molecular weight is 558 g/mol. The molecule has 0 bridgehead atoms. The van der Waals surface area contributed by atoms with E-state index in [0.29, 0.717) is 31.0 Å². The van der Waals surface area contributed by atoms with Crippen LogP contribution >= 0.6 is 23.1 Å². The number of nitrogens with one attached hydrogen (secondary N) is 1. The molecule has 0 aliphatic carbocycles. The third-order valence-corrected chi connectivity index (χ3v) is 7.83. The number of hydrogen-bond donors (Lipinski definition) is 2. The van der Waals surface area contributed by atoms with Gasteiger partial charge in [-0.25, -0.2) is 4.79 Å². The number of carbonyl (C=O) groups excluding carboxylic acids is 1. The van der Waals surface area contributed by atoms with E-state index in [9.17, 15) is 14.7 Å². The van der Waals surface area contributed by atoms with Crippen molar-refractivity contribution in [2.24, 2.45) is 0 Å². The van der Waals surface area contributed by atoms with Gasteiger partial charge in [0.15, 0.2) is 0 Å². The molecular weight excluding hydrogens is 525 g/mol. The molecule has 4 rings (SSSR count). The maximum absolute atomic E-state index is 13.2. The number of rotatable bonds is 12. The van der Waals surface area contributed by atoms with Crippen LogP contribution in [0.1, 0.15) is 40.7 Å². The van der Waals surface area contributed by atoms with E-state index in [0.717, 1.165) is 38.7 Å². The number of carboxylic acid groups (broad SMARTS) is 1. The number of furan rings is 1. The van der Waals surface area contributed by atoms with Crippen LogP contribution in [-0.2, 0) is 22.7 Å². The largest absolute Gasteiger partial charge is 1.00 e. The minimum Gasteiger partial charge on any atom is -1.00 e. The summed E-state index contributed by atoms with van der Waals surface area (Å²) in [6.45, 7) is 4.70. The topological polar surface area (TPSA) is 88.8 Å². The van der Waals surface area contributed by atoms with Crippen molar-refractivity contribution in [1.29, 1.82) is 0 Å². The van der Waals surface area contributed by atoms with Gasteiger partial charge in [0.25, 0.3) is 5.91 Å². The molecule has 2 aromatic carbocycles. The molecule has 0 radical (unpaired) electrons.